The molecule has 0 aliphatic carbocycles. The number of rotatable bonds is 6. The van der Waals surface area contributed by atoms with Gasteiger partial charge in [-0.3, -0.25) is 0 Å². The molecule has 4 rings (SSSR count). The predicted octanol–water partition coefficient (Wildman–Crippen LogP) is 5.34. The van der Waals surface area contributed by atoms with Crippen molar-refractivity contribution < 1.29 is 0 Å². The van der Waals surface area contributed by atoms with E-state index >= 15 is 0 Å². The summed E-state index contributed by atoms with van der Waals surface area (Å²) in [6.07, 6.45) is 0. The predicted molar refractivity (Wildman–Crippen MR) is 123 cm³/mol. The Morgan fingerprint density at radius 2 is 1.04 bits per heavy atom. The molecule has 4 aromatic rings. The van der Waals surface area contributed by atoms with E-state index in [2.05, 4.69) is 102 Å². The van der Waals surface area contributed by atoms with Crippen LogP contribution in [0, 0.1) is 0 Å². The van der Waals surface area contributed by atoms with Crippen molar-refractivity contribution in [3.8, 4) is 0 Å². The molecule has 4 aromatic carbocycles. The van der Waals surface area contributed by atoms with Crippen molar-refractivity contribution in [2.45, 2.75) is 6.54 Å². The van der Waals surface area contributed by atoms with E-state index in [1.807, 2.05) is 18.2 Å². The fraction of sp³-hybridized carbons (Fsp3) is 0.0400. The average Bonchev–Trinajstić information content (AvgIpc) is 2.77. The molecule has 0 heterocycles. The fourth-order valence-corrected chi connectivity index (χ4v) is 7.47. The minimum atomic E-state index is -2.03. The molecule has 0 aromatic heterocycles. The highest BCUT2D eigenvalue weighted by Crippen LogP contribution is 2.51. The Hall–Kier alpha value is -2.44. The van der Waals surface area contributed by atoms with Crippen molar-refractivity contribution in [2.75, 3.05) is 0 Å². The maximum Gasteiger partial charge on any atom is 0.178 e. The lowest BCUT2D eigenvalue weighted by molar-refractivity contribution is 0.961. The zero-order chi connectivity index (χ0) is 19.2. The zero-order valence-electron chi connectivity index (χ0n) is 15.5. The average molecular weight is 403 g/mol. The molecule has 0 aliphatic rings. The van der Waals surface area contributed by atoms with Gasteiger partial charge in [-0.05, 0) is 54.1 Å². The topological polar surface area (TPSA) is 12.0 Å². The minimum Gasteiger partial charge on any atom is -0.174 e. The second-order valence-corrected chi connectivity index (χ2v) is 10.3. The first-order chi connectivity index (χ1) is 13.8. The van der Waals surface area contributed by atoms with Crippen molar-refractivity contribution in [1.82, 2.24) is 5.09 Å². The van der Waals surface area contributed by atoms with E-state index in [0.717, 1.165) is 11.6 Å². The molecule has 0 bridgehead atoms. The van der Waals surface area contributed by atoms with Crippen molar-refractivity contribution in [1.29, 1.82) is 0 Å². The van der Waals surface area contributed by atoms with Crippen LogP contribution < -0.4 is 21.0 Å². The lowest BCUT2D eigenvalue weighted by Crippen LogP contribution is -2.40. The van der Waals surface area contributed by atoms with Crippen LogP contribution in [-0.2, 0) is 6.54 Å². The molecule has 0 fully saturated rings. The van der Waals surface area contributed by atoms with E-state index in [1.54, 1.807) is 0 Å². The summed E-state index contributed by atoms with van der Waals surface area (Å²) >= 11 is 6.23. The highest BCUT2D eigenvalue weighted by atomic mass is 35.5. The smallest absolute Gasteiger partial charge is 0.174 e. The van der Waals surface area contributed by atoms with Gasteiger partial charge in [-0.15, -0.1) is 0 Å². The summed E-state index contributed by atoms with van der Waals surface area (Å²) < 4.78 is 0. The molecule has 0 unspecified atom stereocenters. The summed E-state index contributed by atoms with van der Waals surface area (Å²) in [5.41, 5.74) is 1.18. The number of benzene rings is 4. The van der Waals surface area contributed by atoms with Crippen LogP contribution in [0.3, 0.4) is 0 Å². The van der Waals surface area contributed by atoms with Gasteiger partial charge in [0.2, 0.25) is 0 Å². The number of nitrogens with one attached hydrogen (secondary N) is 1. The van der Waals surface area contributed by atoms with Crippen molar-refractivity contribution in [3.63, 3.8) is 0 Å². The molecular formula is C25H22ClNP+. The van der Waals surface area contributed by atoms with Gasteiger partial charge in [0.25, 0.3) is 0 Å². The third-order valence-corrected chi connectivity index (χ3v) is 8.93. The van der Waals surface area contributed by atoms with E-state index in [4.69, 9.17) is 11.6 Å². The van der Waals surface area contributed by atoms with E-state index in [1.165, 1.54) is 21.5 Å². The van der Waals surface area contributed by atoms with Crippen LogP contribution in [0.4, 0.5) is 0 Å². The first-order valence-electron chi connectivity index (χ1n) is 9.34. The summed E-state index contributed by atoms with van der Waals surface area (Å²) in [4.78, 5) is 0. The van der Waals surface area contributed by atoms with Gasteiger partial charge in [-0.25, -0.2) is 0 Å². The zero-order valence-corrected chi connectivity index (χ0v) is 17.2. The third-order valence-electron chi connectivity index (χ3n) is 4.84. The standard InChI is InChI=1S/C25H22ClNP/c26-22-12-10-11-21(19-22)20-27-28(23-13-4-1-5-14-23,24-15-6-2-7-16-24)25-17-8-3-9-18-25/h1-19,27H,20H2/q+1. The molecule has 0 spiro atoms. The summed E-state index contributed by atoms with van der Waals surface area (Å²) in [5, 5.41) is 8.69. The van der Waals surface area contributed by atoms with Crippen LogP contribution in [0.15, 0.2) is 115 Å². The molecule has 3 heteroatoms. The fourth-order valence-electron chi connectivity index (χ4n) is 3.53. The van der Waals surface area contributed by atoms with Gasteiger partial charge in [0, 0.05) is 5.02 Å². The van der Waals surface area contributed by atoms with Gasteiger partial charge in [0.1, 0.15) is 15.9 Å². The summed E-state index contributed by atoms with van der Waals surface area (Å²) in [7, 11) is -2.03. The Labute approximate surface area is 172 Å². The lowest BCUT2D eigenvalue weighted by atomic mass is 10.2. The summed E-state index contributed by atoms with van der Waals surface area (Å²) in [5.74, 6) is 0. The van der Waals surface area contributed by atoms with Crippen LogP contribution in [-0.4, -0.2) is 0 Å². The molecule has 1 nitrogen and oxygen atoms in total. The Morgan fingerprint density at radius 3 is 1.46 bits per heavy atom. The SMILES string of the molecule is Clc1cccc(CN[P+](c2ccccc2)(c2ccccc2)c2ccccc2)c1. The molecule has 1 N–H and O–H groups in total. The van der Waals surface area contributed by atoms with Crippen molar-refractivity contribution >= 4 is 34.9 Å². The summed E-state index contributed by atoms with van der Waals surface area (Å²) in [6.45, 7) is 0.743. The normalized spacial score (nSPS) is 11.3. The summed E-state index contributed by atoms with van der Waals surface area (Å²) in [6, 6.07) is 40.4. The van der Waals surface area contributed by atoms with Gasteiger partial charge in [-0.1, -0.05) is 78.3 Å². The van der Waals surface area contributed by atoms with Crippen LogP contribution in [0.2, 0.25) is 5.02 Å². The minimum absolute atomic E-state index is 0.743. The van der Waals surface area contributed by atoms with Gasteiger partial charge < -0.3 is 0 Å². The largest absolute Gasteiger partial charge is 0.178 e. The Kier molecular flexibility index (Phi) is 5.88. The highest BCUT2D eigenvalue weighted by molar-refractivity contribution is 7.94. The Balaban J connectivity index is 1.88. The van der Waals surface area contributed by atoms with Crippen LogP contribution >= 0.6 is 19.0 Å². The quantitative estimate of drug-likeness (QED) is 0.429. The van der Waals surface area contributed by atoms with Crippen molar-refractivity contribution in [2.24, 2.45) is 0 Å². The van der Waals surface area contributed by atoms with Gasteiger partial charge in [-0.2, -0.15) is 5.09 Å². The maximum absolute atomic E-state index is 6.23. The Morgan fingerprint density at radius 1 is 0.571 bits per heavy atom. The number of hydrogen-bond donors (Lipinski definition) is 1. The maximum atomic E-state index is 6.23. The monoisotopic (exact) mass is 402 g/mol. The third kappa shape index (κ3) is 3.88. The molecule has 138 valence electrons. The van der Waals surface area contributed by atoms with E-state index < -0.39 is 7.41 Å². The van der Waals surface area contributed by atoms with Crippen molar-refractivity contribution in [3.05, 3.63) is 126 Å². The molecule has 0 saturated heterocycles. The lowest BCUT2D eigenvalue weighted by Gasteiger charge is -2.28. The van der Waals surface area contributed by atoms with E-state index in [0.29, 0.717) is 0 Å². The van der Waals surface area contributed by atoms with Crippen LogP contribution in [0.1, 0.15) is 5.56 Å². The van der Waals surface area contributed by atoms with E-state index in [-0.39, 0.29) is 0 Å². The van der Waals surface area contributed by atoms with Crippen LogP contribution in [0.25, 0.3) is 0 Å². The molecule has 0 aliphatic heterocycles. The molecular weight excluding hydrogens is 381 g/mol. The van der Waals surface area contributed by atoms with Crippen LogP contribution in [0.5, 0.6) is 0 Å². The first-order valence-corrected chi connectivity index (χ1v) is 11.5. The first kappa shape index (κ1) is 18.9. The van der Waals surface area contributed by atoms with E-state index in [9.17, 15) is 0 Å². The molecule has 0 radical (unpaired) electrons. The highest BCUT2D eigenvalue weighted by Gasteiger charge is 2.45. The second-order valence-electron chi connectivity index (χ2n) is 6.64. The molecule has 0 amide bonds. The number of hydrogen-bond acceptors (Lipinski definition) is 1. The van der Waals surface area contributed by atoms with Gasteiger partial charge >= 0.3 is 0 Å². The van der Waals surface area contributed by atoms with Gasteiger partial charge in [0.05, 0.1) is 6.54 Å². The molecule has 28 heavy (non-hydrogen) atoms. The molecule has 0 saturated carbocycles. The molecule has 0 atom stereocenters. The van der Waals surface area contributed by atoms with Gasteiger partial charge in [0.15, 0.2) is 7.41 Å². The number of halogens is 1. The second kappa shape index (κ2) is 8.71. The Bertz CT molecular complexity index is 923.